The summed E-state index contributed by atoms with van der Waals surface area (Å²) < 4.78 is 43.3. The summed E-state index contributed by atoms with van der Waals surface area (Å²) in [6.07, 6.45) is 0.949. The van der Waals surface area contributed by atoms with E-state index in [1.807, 2.05) is 30.3 Å². The van der Waals surface area contributed by atoms with Crippen LogP contribution in [0.15, 0.2) is 64.9 Å². The van der Waals surface area contributed by atoms with Crippen molar-refractivity contribution in [1.82, 2.24) is 9.29 Å². The molecule has 176 valence electrons. The Morgan fingerprint density at radius 1 is 1.12 bits per heavy atom. The van der Waals surface area contributed by atoms with Gasteiger partial charge in [-0.2, -0.15) is 4.31 Å². The van der Waals surface area contributed by atoms with Crippen LogP contribution in [0.1, 0.15) is 18.4 Å². The third kappa shape index (κ3) is 4.36. The van der Waals surface area contributed by atoms with Crippen molar-refractivity contribution >= 4 is 65.6 Å². The number of carbonyl (C=O) groups excluding carboxylic acids is 1. The van der Waals surface area contributed by atoms with Gasteiger partial charge < -0.3 is 0 Å². The van der Waals surface area contributed by atoms with Crippen molar-refractivity contribution in [2.24, 2.45) is 0 Å². The molecule has 5 rings (SSSR count). The molecule has 4 aromatic rings. The van der Waals surface area contributed by atoms with Crippen LogP contribution in [0.4, 0.5) is 9.52 Å². The second-order valence-electron chi connectivity index (χ2n) is 7.83. The molecule has 0 bridgehead atoms. The average molecular weight is 536 g/mol. The van der Waals surface area contributed by atoms with Crippen LogP contribution in [0.3, 0.4) is 0 Å². The van der Waals surface area contributed by atoms with E-state index < -0.39 is 21.9 Å². The molecule has 2 aromatic carbocycles. The van der Waals surface area contributed by atoms with Gasteiger partial charge in [-0.05, 0) is 42.7 Å². The lowest BCUT2D eigenvalue weighted by atomic mass is 10.1. The van der Waals surface area contributed by atoms with Crippen LogP contribution in [-0.4, -0.2) is 36.2 Å². The molecule has 1 aliphatic heterocycles. The lowest BCUT2D eigenvalue weighted by Gasteiger charge is -2.28. The number of aromatic nitrogens is 1. The van der Waals surface area contributed by atoms with Crippen molar-refractivity contribution in [3.63, 3.8) is 0 Å². The zero-order valence-electron chi connectivity index (χ0n) is 17.7. The van der Waals surface area contributed by atoms with Crippen LogP contribution in [0.25, 0.3) is 10.2 Å². The Balaban J connectivity index is 1.53. The summed E-state index contributed by atoms with van der Waals surface area (Å²) in [5, 5.41) is 0.331. The number of fused-ring (bicyclic) bond motifs is 1. The SMILES string of the molecule is O=C([C@H]1CCCN1S(=O)(=O)c1ccc(Cl)s1)N(Cc1ccccc1)c1nc2c(F)cccc2s1. The molecule has 0 aliphatic carbocycles. The molecule has 1 aliphatic rings. The van der Waals surface area contributed by atoms with Crippen LogP contribution in [-0.2, 0) is 21.4 Å². The highest BCUT2D eigenvalue weighted by atomic mass is 35.5. The van der Waals surface area contributed by atoms with E-state index in [9.17, 15) is 17.6 Å². The number of rotatable bonds is 6. The molecule has 6 nitrogen and oxygen atoms in total. The van der Waals surface area contributed by atoms with E-state index in [1.165, 1.54) is 38.7 Å². The summed E-state index contributed by atoms with van der Waals surface area (Å²) in [5.41, 5.74) is 1.05. The minimum Gasteiger partial charge on any atom is -0.282 e. The van der Waals surface area contributed by atoms with Gasteiger partial charge in [-0.25, -0.2) is 17.8 Å². The summed E-state index contributed by atoms with van der Waals surface area (Å²) >= 11 is 8.14. The molecule has 0 radical (unpaired) electrons. The van der Waals surface area contributed by atoms with Crippen molar-refractivity contribution in [3.8, 4) is 0 Å². The number of nitrogens with zero attached hydrogens (tertiary/aromatic N) is 3. The predicted octanol–water partition coefficient (Wildman–Crippen LogP) is 5.54. The van der Waals surface area contributed by atoms with Crippen molar-refractivity contribution in [1.29, 1.82) is 0 Å². The van der Waals surface area contributed by atoms with Gasteiger partial charge in [0, 0.05) is 6.54 Å². The number of hydrogen-bond donors (Lipinski definition) is 0. The maximum atomic E-state index is 14.3. The molecule has 0 saturated carbocycles. The van der Waals surface area contributed by atoms with E-state index >= 15 is 0 Å². The molecular weight excluding hydrogens is 517 g/mol. The van der Waals surface area contributed by atoms with Crippen molar-refractivity contribution in [2.45, 2.75) is 29.6 Å². The summed E-state index contributed by atoms with van der Waals surface area (Å²) in [5.74, 6) is -0.848. The third-order valence-corrected chi connectivity index (χ3v) is 10.3. The Kier molecular flexibility index (Phi) is 6.43. The fourth-order valence-corrected chi connectivity index (χ4v) is 8.28. The molecule has 3 heterocycles. The van der Waals surface area contributed by atoms with E-state index in [4.69, 9.17) is 11.6 Å². The molecule has 0 unspecified atom stereocenters. The van der Waals surface area contributed by atoms with E-state index in [-0.39, 0.29) is 28.7 Å². The van der Waals surface area contributed by atoms with Crippen molar-refractivity contribution < 1.29 is 17.6 Å². The third-order valence-electron chi connectivity index (χ3n) is 5.64. The van der Waals surface area contributed by atoms with E-state index in [2.05, 4.69) is 4.98 Å². The monoisotopic (exact) mass is 535 g/mol. The topological polar surface area (TPSA) is 70.6 Å². The second kappa shape index (κ2) is 9.35. The normalized spacial score (nSPS) is 16.8. The van der Waals surface area contributed by atoms with Crippen LogP contribution >= 0.6 is 34.3 Å². The summed E-state index contributed by atoms with van der Waals surface area (Å²) in [7, 11) is -3.89. The van der Waals surface area contributed by atoms with E-state index in [0.717, 1.165) is 16.9 Å². The largest absolute Gasteiger partial charge is 0.282 e. The van der Waals surface area contributed by atoms with Gasteiger partial charge in [-0.15, -0.1) is 11.3 Å². The van der Waals surface area contributed by atoms with Crippen LogP contribution in [0.5, 0.6) is 0 Å². The minimum absolute atomic E-state index is 0.105. The number of para-hydroxylation sites is 1. The van der Waals surface area contributed by atoms with Crippen LogP contribution in [0, 0.1) is 5.82 Å². The number of sulfonamides is 1. The molecule has 0 N–H and O–H groups in total. The van der Waals surface area contributed by atoms with E-state index in [0.29, 0.717) is 27.0 Å². The van der Waals surface area contributed by atoms with Crippen molar-refractivity contribution in [3.05, 3.63) is 76.4 Å². The lowest BCUT2D eigenvalue weighted by molar-refractivity contribution is -0.121. The first-order valence-electron chi connectivity index (χ1n) is 10.5. The summed E-state index contributed by atoms with van der Waals surface area (Å²) in [6.45, 7) is 0.429. The van der Waals surface area contributed by atoms with Gasteiger partial charge in [0.15, 0.2) is 5.13 Å². The first-order valence-corrected chi connectivity index (χ1v) is 14.0. The Morgan fingerprint density at radius 2 is 1.91 bits per heavy atom. The smallest absolute Gasteiger partial charge is 0.253 e. The van der Waals surface area contributed by atoms with Crippen molar-refractivity contribution in [2.75, 3.05) is 11.4 Å². The Morgan fingerprint density at radius 3 is 2.62 bits per heavy atom. The molecule has 1 fully saturated rings. The molecule has 1 saturated heterocycles. The molecule has 0 spiro atoms. The van der Waals surface area contributed by atoms with Gasteiger partial charge in [0.2, 0.25) is 5.91 Å². The van der Waals surface area contributed by atoms with E-state index in [1.54, 1.807) is 12.1 Å². The highest BCUT2D eigenvalue weighted by Gasteiger charge is 2.42. The Labute approximate surface area is 209 Å². The number of thiophene rings is 1. The fraction of sp³-hybridized carbons (Fsp3) is 0.217. The van der Waals surface area contributed by atoms with Crippen LogP contribution in [0.2, 0.25) is 4.34 Å². The van der Waals surface area contributed by atoms with Crippen LogP contribution < -0.4 is 4.90 Å². The van der Waals surface area contributed by atoms with Gasteiger partial charge >= 0.3 is 0 Å². The van der Waals surface area contributed by atoms with Gasteiger partial charge in [0.1, 0.15) is 21.6 Å². The number of anilines is 1. The van der Waals surface area contributed by atoms with Gasteiger partial charge in [-0.3, -0.25) is 9.69 Å². The summed E-state index contributed by atoms with van der Waals surface area (Å²) in [6, 6.07) is 16.1. The maximum absolute atomic E-state index is 14.3. The maximum Gasteiger partial charge on any atom is 0.253 e. The molecule has 1 atom stereocenters. The molecule has 1 amide bonds. The zero-order valence-corrected chi connectivity index (χ0v) is 20.9. The van der Waals surface area contributed by atoms with Gasteiger partial charge in [0.05, 0.1) is 15.6 Å². The Hall–Kier alpha value is -2.37. The highest BCUT2D eigenvalue weighted by Crippen LogP contribution is 2.36. The standard InChI is InChI=1S/C23H19ClFN3O3S3/c24-19-11-12-20(33-19)34(30,31)28-13-5-9-17(28)22(29)27(14-15-6-2-1-3-7-15)23-26-21-16(25)8-4-10-18(21)32-23/h1-4,6-8,10-12,17H,5,9,13-14H2/t17-/m1/s1. The molecule has 34 heavy (non-hydrogen) atoms. The number of thiazole rings is 1. The Bertz CT molecular complexity index is 1460. The first-order chi connectivity index (χ1) is 16.3. The summed E-state index contributed by atoms with van der Waals surface area (Å²) in [4.78, 5) is 19.8. The molecule has 2 aromatic heterocycles. The number of carbonyl (C=O) groups is 1. The fourth-order valence-electron chi connectivity index (χ4n) is 4.03. The van der Waals surface area contributed by atoms with Gasteiger partial charge in [-0.1, -0.05) is 59.3 Å². The second-order valence-corrected chi connectivity index (χ2v) is 12.7. The first kappa shape index (κ1) is 23.4. The zero-order chi connectivity index (χ0) is 23.9. The average Bonchev–Trinajstić information content (AvgIpc) is 3.57. The predicted molar refractivity (Wildman–Crippen MR) is 133 cm³/mol. The lowest BCUT2D eigenvalue weighted by Crippen LogP contribution is -2.47. The molecular formula is C23H19ClFN3O3S3. The van der Waals surface area contributed by atoms with Gasteiger partial charge in [0.25, 0.3) is 10.0 Å². The minimum atomic E-state index is -3.89. The number of hydrogen-bond acceptors (Lipinski definition) is 6. The number of halogens is 2. The number of benzene rings is 2. The number of amides is 1. The quantitative estimate of drug-likeness (QED) is 0.325. The highest BCUT2D eigenvalue weighted by molar-refractivity contribution is 7.91. The molecule has 11 heteroatoms.